The molecule has 0 aromatic carbocycles. The van der Waals surface area contributed by atoms with Gasteiger partial charge in [-0.2, -0.15) is 11.8 Å². The Balaban J connectivity index is 4.73. The molecule has 55 heavy (non-hydrogen) atoms. The summed E-state index contributed by atoms with van der Waals surface area (Å²) in [6, 6.07) is 1.66. The highest BCUT2D eigenvalue weighted by atomic mass is 32.2. The first kappa shape index (κ1) is 55.5. The maximum absolute atomic E-state index is 5.96. The van der Waals surface area contributed by atoms with Crippen molar-refractivity contribution in [1.29, 1.82) is 0 Å². The van der Waals surface area contributed by atoms with Crippen molar-refractivity contribution in [2.24, 2.45) is 0 Å². The van der Waals surface area contributed by atoms with Crippen molar-refractivity contribution >= 4 is 29.4 Å². The Bertz CT molecular complexity index is 681. The average Bonchev–Trinajstić information content (AvgIpc) is 3.21. The first-order valence-corrected chi connectivity index (χ1v) is 28.7. The van der Waals surface area contributed by atoms with Gasteiger partial charge in [0.2, 0.25) is 0 Å². The van der Waals surface area contributed by atoms with Crippen molar-refractivity contribution in [2.75, 3.05) is 42.7 Å². The Morgan fingerprint density at radius 2 is 0.473 bits per heavy atom. The SMILES string of the molecule is CCCCCCCCCCCCCCCCCCC(C[Si](OC)(OC)OC)SC(CCCCCCCCCCCCCCCCCC)C[Si](OC)(OC)OC. The Hall–Kier alpha value is 0.544. The third-order valence-electron chi connectivity index (χ3n) is 12.0. The number of thioether (sulfide) groups is 1. The van der Waals surface area contributed by atoms with Crippen LogP contribution in [0.1, 0.15) is 232 Å². The van der Waals surface area contributed by atoms with E-state index < -0.39 is 17.6 Å². The van der Waals surface area contributed by atoms with Crippen LogP contribution in [0.2, 0.25) is 12.1 Å². The zero-order chi connectivity index (χ0) is 40.6. The van der Waals surface area contributed by atoms with Crippen molar-refractivity contribution in [3.05, 3.63) is 0 Å². The fraction of sp³-hybridized carbons (Fsp3) is 1.00. The minimum absolute atomic E-state index is 0.404. The minimum atomic E-state index is -2.72. The zero-order valence-electron chi connectivity index (χ0n) is 38.5. The Labute approximate surface area is 351 Å². The molecule has 0 saturated carbocycles. The summed E-state index contributed by atoms with van der Waals surface area (Å²) < 4.78 is 35.7. The molecule has 0 N–H and O–H groups in total. The van der Waals surface area contributed by atoms with Crippen LogP contribution in [0.5, 0.6) is 0 Å². The lowest BCUT2D eigenvalue weighted by molar-refractivity contribution is 0.123. The smallest absolute Gasteiger partial charge is 0.377 e. The maximum atomic E-state index is 5.96. The van der Waals surface area contributed by atoms with Crippen molar-refractivity contribution < 1.29 is 26.6 Å². The van der Waals surface area contributed by atoms with Gasteiger partial charge >= 0.3 is 17.6 Å². The molecule has 0 aliphatic heterocycles. The second-order valence-corrected chi connectivity index (χ2v) is 24.2. The standard InChI is InChI=1S/C46H98O6SSi2/c1-9-11-13-15-17-19-21-23-25-27-29-31-33-35-37-39-41-45(43-54(47-3,48-4)49-5)53-46(44-55(50-6,51-7)52-8)42-40-38-36-34-32-30-28-26-24-22-20-18-16-14-12-10-2/h45-46H,9-44H2,1-8H3. The van der Waals surface area contributed by atoms with E-state index in [1.54, 1.807) is 42.7 Å². The zero-order valence-corrected chi connectivity index (χ0v) is 41.3. The molecule has 0 aliphatic rings. The van der Waals surface area contributed by atoms with Gasteiger partial charge in [-0.25, -0.2) is 0 Å². The quantitative estimate of drug-likeness (QED) is 0.0447. The van der Waals surface area contributed by atoms with Crippen LogP contribution in [-0.4, -0.2) is 70.8 Å². The summed E-state index contributed by atoms with van der Waals surface area (Å²) in [6.45, 7) is 4.60. The normalized spacial score (nSPS) is 13.5. The predicted molar refractivity (Wildman–Crippen MR) is 247 cm³/mol. The van der Waals surface area contributed by atoms with Gasteiger partial charge in [0.25, 0.3) is 0 Å². The molecule has 2 atom stereocenters. The van der Waals surface area contributed by atoms with Crippen LogP contribution in [0, 0.1) is 0 Å². The summed E-state index contributed by atoms with van der Waals surface area (Å²) >= 11 is 2.10. The summed E-state index contributed by atoms with van der Waals surface area (Å²) in [5, 5.41) is 0.808. The molecule has 0 aliphatic carbocycles. The largest absolute Gasteiger partial charge is 0.501 e. The topological polar surface area (TPSA) is 55.4 Å². The Kier molecular flexibility index (Phi) is 41.7. The fourth-order valence-corrected chi connectivity index (χ4v) is 14.8. The summed E-state index contributed by atoms with van der Waals surface area (Å²) in [7, 11) is 5.07. The lowest BCUT2D eigenvalue weighted by Gasteiger charge is -2.33. The molecule has 332 valence electrons. The van der Waals surface area contributed by atoms with Gasteiger partial charge in [-0.15, -0.1) is 0 Å². The number of hydrogen-bond donors (Lipinski definition) is 0. The van der Waals surface area contributed by atoms with E-state index in [1.807, 2.05) is 0 Å². The second-order valence-electron chi connectivity index (χ2n) is 16.6. The van der Waals surface area contributed by atoms with Crippen LogP contribution in [-0.2, 0) is 26.6 Å². The average molecular weight is 836 g/mol. The Morgan fingerprint density at radius 1 is 0.291 bits per heavy atom. The van der Waals surface area contributed by atoms with Gasteiger partial charge in [0.05, 0.1) is 0 Å². The van der Waals surface area contributed by atoms with Crippen molar-refractivity contribution in [3.63, 3.8) is 0 Å². The molecule has 0 aromatic heterocycles. The van der Waals surface area contributed by atoms with Crippen molar-refractivity contribution in [3.8, 4) is 0 Å². The van der Waals surface area contributed by atoms with E-state index in [0.29, 0.717) is 10.5 Å². The van der Waals surface area contributed by atoms with Gasteiger partial charge in [-0.05, 0) is 12.8 Å². The first-order valence-electron chi connectivity index (χ1n) is 23.9. The molecule has 0 spiro atoms. The van der Waals surface area contributed by atoms with Crippen LogP contribution in [0.15, 0.2) is 0 Å². The predicted octanol–water partition coefficient (Wildman–Crippen LogP) is 15.5. The second kappa shape index (κ2) is 41.3. The molecule has 9 heteroatoms. The maximum Gasteiger partial charge on any atom is 0.501 e. The van der Waals surface area contributed by atoms with Crippen LogP contribution in [0.3, 0.4) is 0 Å². The highest BCUT2D eigenvalue weighted by Gasteiger charge is 2.44. The summed E-state index contributed by atoms with van der Waals surface area (Å²) in [5.41, 5.74) is 0. The first-order chi connectivity index (χ1) is 26.9. The van der Waals surface area contributed by atoms with Crippen LogP contribution < -0.4 is 0 Å². The van der Waals surface area contributed by atoms with E-state index in [1.165, 1.54) is 205 Å². The third kappa shape index (κ3) is 32.1. The minimum Gasteiger partial charge on any atom is -0.377 e. The van der Waals surface area contributed by atoms with Gasteiger partial charge in [0.15, 0.2) is 0 Å². The number of rotatable bonds is 46. The van der Waals surface area contributed by atoms with Gasteiger partial charge in [0, 0.05) is 65.2 Å². The van der Waals surface area contributed by atoms with E-state index in [9.17, 15) is 0 Å². The van der Waals surface area contributed by atoms with E-state index in [4.69, 9.17) is 26.6 Å². The molecular formula is C46H98O6SSi2. The van der Waals surface area contributed by atoms with Gasteiger partial charge in [0.1, 0.15) is 0 Å². The lowest BCUT2D eigenvalue weighted by atomic mass is 10.0. The summed E-state index contributed by atoms with van der Waals surface area (Å²) in [6.07, 6.45) is 46.9. The molecule has 0 aromatic rings. The van der Waals surface area contributed by atoms with Gasteiger partial charge < -0.3 is 26.6 Å². The molecule has 0 heterocycles. The molecular weight excluding hydrogens is 737 g/mol. The molecule has 2 unspecified atom stereocenters. The van der Waals surface area contributed by atoms with E-state index in [-0.39, 0.29) is 0 Å². The van der Waals surface area contributed by atoms with Crippen LogP contribution in [0.25, 0.3) is 0 Å². The monoisotopic (exact) mass is 835 g/mol. The number of unbranched alkanes of at least 4 members (excludes halogenated alkanes) is 30. The van der Waals surface area contributed by atoms with Gasteiger partial charge in [-0.1, -0.05) is 219 Å². The van der Waals surface area contributed by atoms with Crippen molar-refractivity contribution in [1.82, 2.24) is 0 Å². The molecule has 0 amide bonds. The van der Waals surface area contributed by atoms with Crippen molar-refractivity contribution in [2.45, 2.75) is 255 Å². The van der Waals surface area contributed by atoms with Crippen LogP contribution in [0.4, 0.5) is 0 Å². The molecule has 0 fully saturated rings. The van der Waals surface area contributed by atoms with E-state index in [2.05, 4.69) is 25.6 Å². The highest BCUT2D eigenvalue weighted by molar-refractivity contribution is 8.00. The molecule has 6 nitrogen and oxygen atoms in total. The molecule has 0 saturated heterocycles. The fourth-order valence-electron chi connectivity index (χ4n) is 8.11. The van der Waals surface area contributed by atoms with Gasteiger partial charge in [-0.3, -0.25) is 0 Å². The van der Waals surface area contributed by atoms with E-state index in [0.717, 1.165) is 24.9 Å². The third-order valence-corrected chi connectivity index (χ3v) is 19.8. The summed E-state index contributed by atoms with van der Waals surface area (Å²) in [5.74, 6) is 0. The van der Waals surface area contributed by atoms with Crippen LogP contribution >= 0.6 is 11.8 Å². The Morgan fingerprint density at radius 3 is 0.655 bits per heavy atom. The number of hydrogen-bond acceptors (Lipinski definition) is 7. The molecule has 0 radical (unpaired) electrons. The molecule has 0 rings (SSSR count). The highest BCUT2D eigenvalue weighted by Crippen LogP contribution is 2.37. The van der Waals surface area contributed by atoms with E-state index >= 15 is 0 Å². The summed E-state index contributed by atoms with van der Waals surface area (Å²) in [4.78, 5) is 0. The lowest BCUT2D eigenvalue weighted by Crippen LogP contribution is -2.46. The molecule has 0 bridgehead atoms.